The first-order valence-electron chi connectivity index (χ1n) is 4.72. The molecule has 6 N–H and O–H groups in total. The zero-order chi connectivity index (χ0) is 15.8. The summed E-state index contributed by atoms with van der Waals surface area (Å²) in [5, 5.41) is 49.6. The number of rotatable bonds is 6. The predicted octanol–water partition coefficient (Wildman–Crippen LogP) is -2.71. The molecule has 114 valence electrons. The smallest absolute Gasteiger partial charge is 0.336 e. The highest BCUT2D eigenvalue weighted by molar-refractivity contribution is 5.88. The van der Waals surface area contributed by atoms with Gasteiger partial charge in [0.25, 0.3) is 0 Å². The molecular formula is C9H16MgO10. The molecule has 11 heteroatoms. The zero-order valence-corrected chi connectivity index (χ0v) is 9.81. The highest BCUT2D eigenvalue weighted by atomic mass is 24.3. The van der Waals surface area contributed by atoms with Crippen LogP contribution in [0.15, 0.2) is 0 Å². The van der Waals surface area contributed by atoms with E-state index in [0.29, 0.717) is 0 Å². The summed E-state index contributed by atoms with van der Waals surface area (Å²) in [5.41, 5.74) is -2.74. The van der Waals surface area contributed by atoms with E-state index in [-0.39, 0.29) is 23.1 Å². The van der Waals surface area contributed by atoms with Gasteiger partial charge in [0.1, 0.15) is 6.10 Å². The van der Waals surface area contributed by atoms with Crippen LogP contribution in [0.25, 0.3) is 0 Å². The van der Waals surface area contributed by atoms with Gasteiger partial charge in [-0.15, -0.1) is 0 Å². The van der Waals surface area contributed by atoms with E-state index in [4.69, 9.17) is 30.6 Å². The Hall–Kier alpha value is -1.43. The molecule has 1 atom stereocenters. The summed E-state index contributed by atoms with van der Waals surface area (Å²) in [6, 6.07) is 0. The molecule has 10 nitrogen and oxygen atoms in total. The van der Waals surface area contributed by atoms with Gasteiger partial charge in [-0.25, -0.2) is 9.59 Å². The van der Waals surface area contributed by atoms with Gasteiger partial charge < -0.3 is 30.6 Å². The molecule has 0 spiro atoms. The minimum Gasteiger partial charge on any atom is -0.481 e. The van der Waals surface area contributed by atoms with Crippen LogP contribution in [0.1, 0.15) is 19.8 Å². The monoisotopic (exact) mass is 308 g/mol. The van der Waals surface area contributed by atoms with Crippen LogP contribution in [0.4, 0.5) is 0 Å². The Morgan fingerprint density at radius 3 is 1.30 bits per heavy atom. The number of hydrogen-bond donors (Lipinski definition) is 6. The Kier molecular flexibility index (Phi) is 12.3. The Bertz CT molecular complexity index is 348. The van der Waals surface area contributed by atoms with E-state index >= 15 is 0 Å². The number of aliphatic hydroxyl groups is 2. The Morgan fingerprint density at radius 2 is 1.20 bits per heavy atom. The van der Waals surface area contributed by atoms with Crippen LogP contribution >= 0.6 is 0 Å². The fourth-order valence-electron chi connectivity index (χ4n) is 0.714. The normalized spacial score (nSPS) is 11.2. The van der Waals surface area contributed by atoms with Gasteiger partial charge in [-0.3, -0.25) is 9.59 Å². The molecule has 0 aromatic rings. The fourth-order valence-corrected chi connectivity index (χ4v) is 0.714. The largest absolute Gasteiger partial charge is 0.481 e. The summed E-state index contributed by atoms with van der Waals surface area (Å²) in [6.07, 6.45) is -3.52. The van der Waals surface area contributed by atoms with Crippen molar-refractivity contribution in [2.24, 2.45) is 0 Å². The maximum Gasteiger partial charge on any atom is 0.336 e. The van der Waals surface area contributed by atoms with Gasteiger partial charge >= 0.3 is 46.9 Å². The third-order valence-corrected chi connectivity index (χ3v) is 1.64. The summed E-state index contributed by atoms with van der Waals surface area (Å²) < 4.78 is 0. The quantitative estimate of drug-likeness (QED) is 0.281. The summed E-state index contributed by atoms with van der Waals surface area (Å²) in [5.74, 6) is -6.20. The molecule has 0 radical (unpaired) electrons. The lowest BCUT2D eigenvalue weighted by Gasteiger charge is -2.18. The number of aliphatic hydroxyl groups excluding tert-OH is 1. The molecule has 20 heavy (non-hydrogen) atoms. The van der Waals surface area contributed by atoms with Gasteiger partial charge in [0.15, 0.2) is 5.60 Å². The highest BCUT2D eigenvalue weighted by Gasteiger charge is 2.40. The van der Waals surface area contributed by atoms with E-state index in [2.05, 4.69) is 0 Å². The second-order valence-corrected chi connectivity index (χ2v) is 3.49. The van der Waals surface area contributed by atoms with Crippen molar-refractivity contribution < 1.29 is 49.8 Å². The van der Waals surface area contributed by atoms with Gasteiger partial charge in [-0.1, -0.05) is 0 Å². The van der Waals surface area contributed by atoms with Gasteiger partial charge in [0.05, 0.1) is 12.8 Å². The first kappa shape index (κ1) is 23.6. The van der Waals surface area contributed by atoms with Gasteiger partial charge in [-0.05, 0) is 6.92 Å². The molecule has 0 aliphatic carbocycles. The molecule has 0 aromatic carbocycles. The first-order valence-corrected chi connectivity index (χ1v) is 4.72. The van der Waals surface area contributed by atoms with E-state index < -0.39 is 48.4 Å². The summed E-state index contributed by atoms with van der Waals surface area (Å²) >= 11 is 0. The summed E-state index contributed by atoms with van der Waals surface area (Å²) in [6.45, 7) is 1.20. The van der Waals surface area contributed by atoms with E-state index in [0.717, 1.165) is 0 Å². The molecule has 0 saturated carbocycles. The van der Waals surface area contributed by atoms with Crippen LogP contribution in [0, 0.1) is 0 Å². The van der Waals surface area contributed by atoms with Crippen LogP contribution in [0.3, 0.4) is 0 Å². The van der Waals surface area contributed by atoms with E-state index in [1.165, 1.54) is 6.92 Å². The van der Waals surface area contributed by atoms with Crippen LogP contribution in [0.2, 0.25) is 0 Å². The molecule has 0 rings (SSSR count). The molecule has 0 fully saturated rings. The second-order valence-electron chi connectivity index (χ2n) is 3.49. The van der Waals surface area contributed by atoms with Gasteiger partial charge in [0, 0.05) is 0 Å². The van der Waals surface area contributed by atoms with Crippen LogP contribution < -0.4 is 0 Å². The lowest BCUT2D eigenvalue weighted by molar-refractivity contribution is -0.170. The van der Waals surface area contributed by atoms with Crippen molar-refractivity contribution >= 4 is 46.9 Å². The van der Waals surface area contributed by atoms with E-state index in [1.807, 2.05) is 0 Å². The van der Waals surface area contributed by atoms with Crippen molar-refractivity contribution in [1.82, 2.24) is 0 Å². The van der Waals surface area contributed by atoms with Crippen molar-refractivity contribution in [3.63, 3.8) is 0 Å². The highest BCUT2D eigenvalue weighted by Crippen LogP contribution is 2.15. The molecule has 0 aliphatic heterocycles. The fraction of sp³-hybridized carbons (Fsp3) is 0.556. The molecule has 0 aliphatic rings. The number of carboxylic acid groups (broad SMARTS) is 4. The second kappa shape index (κ2) is 10.4. The molecule has 1 unspecified atom stereocenters. The van der Waals surface area contributed by atoms with Crippen molar-refractivity contribution in [3.8, 4) is 0 Å². The Labute approximate surface area is 128 Å². The molecular weight excluding hydrogens is 292 g/mol. The third-order valence-electron chi connectivity index (χ3n) is 1.64. The Balaban J connectivity index is -0.000000352. The number of aliphatic carboxylic acids is 4. The number of hydrogen-bond acceptors (Lipinski definition) is 6. The maximum absolute atomic E-state index is 10.3. The third kappa shape index (κ3) is 11.6. The average Bonchev–Trinajstić information content (AvgIpc) is 2.14. The molecule has 0 bridgehead atoms. The van der Waals surface area contributed by atoms with E-state index in [9.17, 15) is 19.2 Å². The predicted molar refractivity (Wildman–Crippen MR) is 65.0 cm³/mol. The summed E-state index contributed by atoms with van der Waals surface area (Å²) in [4.78, 5) is 39.9. The summed E-state index contributed by atoms with van der Waals surface area (Å²) in [7, 11) is 0. The number of carboxylic acids is 4. The van der Waals surface area contributed by atoms with Crippen LogP contribution in [-0.4, -0.2) is 89.3 Å². The van der Waals surface area contributed by atoms with E-state index in [1.54, 1.807) is 0 Å². The molecule has 0 amide bonds. The molecule has 0 aromatic heterocycles. The SMILES string of the molecule is CC(O)C(=O)O.O=C(O)CC(O)(CC(=O)O)C(=O)O.[MgH2]. The Morgan fingerprint density at radius 1 is 0.950 bits per heavy atom. The lowest BCUT2D eigenvalue weighted by Crippen LogP contribution is -2.42. The van der Waals surface area contributed by atoms with Crippen molar-refractivity contribution in [2.45, 2.75) is 31.5 Å². The van der Waals surface area contributed by atoms with Crippen LogP contribution in [0.5, 0.6) is 0 Å². The molecule has 0 saturated heterocycles. The van der Waals surface area contributed by atoms with Crippen molar-refractivity contribution in [3.05, 3.63) is 0 Å². The number of carbonyl (C=O) groups is 4. The topological polar surface area (TPSA) is 190 Å². The van der Waals surface area contributed by atoms with Crippen molar-refractivity contribution in [2.75, 3.05) is 0 Å². The lowest BCUT2D eigenvalue weighted by atomic mass is 9.96. The average molecular weight is 309 g/mol. The van der Waals surface area contributed by atoms with Gasteiger partial charge in [0.2, 0.25) is 0 Å². The van der Waals surface area contributed by atoms with Crippen LogP contribution in [-0.2, 0) is 19.2 Å². The standard InChI is InChI=1S/C6H8O7.C3H6O3.Mg.2H/c7-3(8)1-6(13,5(11)12)2-4(9)10;1-2(4)3(5)6;;;/h13H,1-2H2,(H,7,8)(H,9,10)(H,11,12);2,4H,1H3,(H,5,6);;;. The maximum atomic E-state index is 10.3. The minimum atomic E-state index is -2.74. The van der Waals surface area contributed by atoms with Crippen molar-refractivity contribution in [1.29, 1.82) is 0 Å². The minimum absolute atomic E-state index is 0. The van der Waals surface area contributed by atoms with Gasteiger partial charge in [-0.2, -0.15) is 0 Å². The first-order chi connectivity index (χ1) is 8.42. The zero-order valence-electron chi connectivity index (χ0n) is 9.81. The molecule has 0 heterocycles.